The lowest BCUT2D eigenvalue weighted by Gasteiger charge is -2.29. The Morgan fingerprint density at radius 1 is 1.67 bits per heavy atom. The molecule has 15 heavy (non-hydrogen) atoms. The molecule has 1 saturated carbocycles. The van der Waals surface area contributed by atoms with Crippen LogP contribution < -0.4 is 5.73 Å². The maximum Gasteiger partial charge on any atom is 0.314 e. The van der Waals surface area contributed by atoms with Crippen molar-refractivity contribution in [2.45, 2.75) is 51.2 Å². The van der Waals surface area contributed by atoms with Gasteiger partial charge in [0.25, 0.3) is 0 Å². The van der Waals surface area contributed by atoms with Crippen molar-refractivity contribution in [3.8, 4) is 0 Å². The van der Waals surface area contributed by atoms with Gasteiger partial charge in [-0.15, -0.1) is 0 Å². The summed E-state index contributed by atoms with van der Waals surface area (Å²) in [6.45, 7) is 2.06. The van der Waals surface area contributed by atoms with E-state index < -0.39 is 11.5 Å². The highest BCUT2D eigenvalue weighted by Gasteiger charge is 2.51. The maximum atomic E-state index is 11.8. The molecular weight excluding hydrogens is 194 g/mol. The van der Waals surface area contributed by atoms with Gasteiger partial charge in [0.2, 0.25) is 0 Å². The van der Waals surface area contributed by atoms with Crippen LogP contribution in [0.15, 0.2) is 0 Å². The zero-order valence-corrected chi connectivity index (χ0v) is 9.53. The van der Waals surface area contributed by atoms with Crippen LogP contribution in [-0.2, 0) is 9.53 Å². The third kappa shape index (κ3) is 2.32. The Hall–Kier alpha value is -0.610. The number of aliphatic hydroxyl groups is 1. The summed E-state index contributed by atoms with van der Waals surface area (Å²) >= 11 is 0. The van der Waals surface area contributed by atoms with Gasteiger partial charge >= 0.3 is 5.97 Å². The van der Waals surface area contributed by atoms with Gasteiger partial charge in [-0.05, 0) is 19.3 Å². The second-order valence-corrected chi connectivity index (χ2v) is 4.47. The Bertz CT molecular complexity index is 232. The van der Waals surface area contributed by atoms with Gasteiger partial charge in [0.05, 0.1) is 18.6 Å². The Balaban J connectivity index is 2.81. The number of unbranched alkanes of at least 4 members (excludes halogenated alkanes) is 1. The summed E-state index contributed by atoms with van der Waals surface area (Å²) in [7, 11) is 1.37. The average Bonchev–Trinajstić information content (AvgIpc) is 2.50. The van der Waals surface area contributed by atoms with E-state index in [0.29, 0.717) is 19.3 Å². The molecule has 0 spiro atoms. The van der Waals surface area contributed by atoms with Crippen LogP contribution in [-0.4, -0.2) is 30.3 Å². The molecule has 1 aliphatic rings. The predicted molar refractivity (Wildman–Crippen MR) is 57.2 cm³/mol. The Morgan fingerprint density at radius 3 is 2.73 bits per heavy atom. The van der Waals surface area contributed by atoms with Gasteiger partial charge in [0.1, 0.15) is 0 Å². The topological polar surface area (TPSA) is 72.5 Å². The van der Waals surface area contributed by atoms with Gasteiger partial charge in [-0.3, -0.25) is 4.79 Å². The quantitative estimate of drug-likeness (QED) is 0.681. The van der Waals surface area contributed by atoms with Crippen molar-refractivity contribution in [2.24, 2.45) is 11.1 Å². The summed E-state index contributed by atoms with van der Waals surface area (Å²) in [6, 6.07) is -0.0871. The van der Waals surface area contributed by atoms with Crippen molar-refractivity contribution in [3.05, 3.63) is 0 Å². The largest absolute Gasteiger partial charge is 0.469 e. The number of methoxy groups -OCH3 is 1. The number of esters is 1. The van der Waals surface area contributed by atoms with E-state index in [1.165, 1.54) is 7.11 Å². The van der Waals surface area contributed by atoms with Gasteiger partial charge in [0.15, 0.2) is 0 Å². The molecule has 3 atom stereocenters. The van der Waals surface area contributed by atoms with E-state index in [2.05, 4.69) is 6.92 Å². The van der Waals surface area contributed by atoms with Crippen molar-refractivity contribution in [1.29, 1.82) is 0 Å². The second kappa shape index (κ2) is 4.94. The van der Waals surface area contributed by atoms with Crippen molar-refractivity contribution in [1.82, 2.24) is 0 Å². The van der Waals surface area contributed by atoms with Gasteiger partial charge in [0, 0.05) is 6.04 Å². The van der Waals surface area contributed by atoms with Crippen LogP contribution >= 0.6 is 0 Å². The fourth-order valence-electron chi connectivity index (χ4n) is 2.49. The number of nitrogens with two attached hydrogens (primary N) is 1. The van der Waals surface area contributed by atoms with Crippen molar-refractivity contribution < 1.29 is 14.6 Å². The minimum absolute atomic E-state index is 0.0871. The van der Waals surface area contributed by atoms with E-state index in [4.69, 9.17) is 10.5 Å². The number of carbonyl (C=O) groups is 1. The van der Waals surface area contributed by atoms with Crippen LogP contribution in [0.5, 0.6) is 0 Å². The number of rotatable bonds is 4. The molecule has 0 aromatic rings. The highest BCUT2D eigenvalue weighted by Crippen LogP contribution is 2.43. The zero-order valence-electron chi connectivity index (χ0n) is 9.53. The number of hydrogen-bond donors (Lipinski definition) is 2. The van der Waals surface area contributed by atoms with E-state index in [-0.39, 0.29) is 12.0 Å². The summed E-state index contributed by atoms with van der Waals surface area (Å²) in [4.78, 5) is 11.8. The summed E-state index contributed by atoms with van der Waals surface area (Å²) in [6.07, 6.45) is 2.98. The molecule has 4 nitrogen and oxygen atoms in total. The maximum absolute atomic E-state index is 11.8. The Labute approximate surface area is 90.8 Å². The molecule has 0 amide bonds. The highest BCUT2D eigenvalue weighted by molar-refractivity contribution is 5.78. The molecule has 0 aromatic carbocycles. The van der Waals surface area contributed by atoms with Crippen LogP contribution in [0.2, 0.25) is 0 Å². The van der Waals surface area contributed by atoms with E-state index in [1.54, 1.807) is 0 Å². The molecule has 0 radical (unpaired) electrons. The smallest absolute Gasteiger partial charge is 0.314 e. The summed E-state index contributed by atoms with van der Waals surface area (Å²) < 4.78 is 4.80. The van der Waals surface area contributed by atoms with Crippen molar-refractivity contribution in [2.75, 3.05) is 7.11 Å². The fourth-order valence-corrected chi connectivity index (χ4v) is 2.49. The van der Waals surface area contributed by atoms with Crippen LogP contribution in [0.1, 0.15) is 39.0 Å². The number of hydrogen-bond acceptors (Lipinski definition) is 4. The molecule has 4 heteroatoms. The molecule has 0 heterocycles. The zero-order chi connectivity index (χ0) is 11.5. The number of ether oxygens (including phenoxy) is 1. The molecule has 3 N–H and O–H groups in total. The predicted octanol–water partition coefficient (Wildman–Crippen LogP) is 0.818. The minimum atomic E-state index is -0.746. The second-order valence-electron chi connectivity index (χ2n) is 4.47. The third-order valence-corrected chi connectivity index (χ3v) is 3.36. The number of carbonyl (C=O) groups excluding carboxylic acids is 1. The average molecular weight is 215 g/mol. The van der Waals surface area contributed by atoms with E-state index >= 15 is 0 Å². The highest BCUT2D eigenvalue weighted by atomic mass is 16.5. The van der Waals surface area contributed by atoms with Crippen LogP contribution in [0.4, 0.5) is 0 Å². The van der Waals surface area contributed by atoms with E-state index in [9.17, 15) is 9.90 Å². The van der Waals surface area contributed by atoms with Gasteiger partial charge in [-0.2, -0.15) is 0 Å². The molecule has 3 unspecified atom stereocenters. The molecule has 1 rings (SSSR count). The monoisotopic (exact) mass is 215 g/mol. The lowest BCUT2D eigenvalue weighted by atomic mass is 9.79. The normalized spacial score (nSPS) is 35.5. The van der Waals surface area contributed by atoms with Gasteiger partial charge in [-0.25, -0.2) is 0 Å². The molecule has 88 valence electrons. The van der Waals surface area contributed by atoms with E-state index in [0.717, 1.165) is 12.8 Å². The molecule has 1 fully saturated rings. The molecule has 0 aliphatic heterocycles. The summed E-state index contributed by atoms with van der Waals surface area (Å²) in [5.41, 5.74) is 5.05. The summed E-state index contributed by atoms with van der Waals surface area (Å²) in [5, 5.41) is 9.96. The molecule has 0 saturated heterocycles. The first-order valence-electron chi connectivity index (χ1n) is 5.59. The molecule has 1 aliphatic carbocycles. The number of aliphatic hydroxyl groups excluding tert-OH is 1. The van der Waals surface area contributed by atoms with Crippen LogP contribution in [0, 0.1) is 5.41 Å². The molecule has 0 bridgehead atoms. The van der Waals surface area contributed by atoms with Gasteiger partial charge < -0.3 is 15.6 Å². The Morgan fingerprint density at radius 2 is 2.33 bits per heavy atom. The first-order valence-corrected chi connectivity index (χ1v) is 5.59. The third-order valence-electron chi connectivity index (χ3n) is 3.36. The molecule has 0 aromatic heterocycles. The SMILES string of the molecule is CCCCC1(C(=O)OC)CC(N)CC1O. The Kier molecular flexibility index (Phi) is 4.11. The molecular formula is C11H21NO3. The van der Waals surface area contributed by atoms with E-state index in [1.807, 2.05) is 0 Å². The van der Waals surface area contributed by atoms with Crippen LogP contribution in [0.3, 0.4) is 0 Å². The van der Waals surface area contributed by atoms with Crippen molar-refractivity contribution in [3.63, 3.8) is 0 Å². The minimum Gasteiger partial charge on any atom is -0.469 e. The first kappa shape index (κ1) is 12.5. The van der Waals surface area contributed by atoms with Gasteiger partial charge in [-0.1, -0.05) is 19.8 Å². The first-order chi connectivity index (χ1) is 7.06. The standard InChI is InChI=1S/C11H21NO3/c1-3-4-5-11(10(14)15-2)7-8(12)6-9(11)13/h8-9,13H,3-7,12H2,1-2H3. The van der Waals surface area contributed by atoms with Crippen molar-refractivity contribution >= 4 is 5.97 Å². The lowest BCUT2D eigenvalue weighted by molar-refractivity contribution is -0.159. The fraction of sp³-hybridized carbons (Fsp3) is 0.909. The lowest BCUT2D eigenvalue weighted by Crippen LogP contribution is -2.39. The van der Waals surface area contributed by atoms with Crippen LogP contribution in [0.25, 0.3) is 0 Å². The summed E-state index contributed by atoms with van der Waals surface area (Å²) in [5.74, 6) is -0.309.